The Bertz CT molecular complexity index is 3000. The van der Waals surface area contributed by atoms with Gasteiger partial charge in [-0.05, 0) is 96.8 Å². The van der Waals surface area contributed by atoms with Crippen molar-refractivity contribution in [3.8, 4) is 34.4 Å². The average molecular weight is 995 g/mol. The molecule has 2 atom stereocenters. The van der Waals surface area contributed by atoms with E-state index in [1.807, 2.05) is 83.9 Å². The van der Waals surface area contributed by atoms with Gasteiger partial charge in [0.1, 0.15) is 35.2 Å². The molecule has 0 N–H and O–H groups in total. The maximum atomic E-state index is 12.4. The highest BCUT2D eigenvalue weighted by Crippen LogP contribution is 2.34. The maximum Gasteiger partial charge on any atom is 0.573 e. The van der Waals surface area contributed by atoms with E-state index in [-0.39, 0.29) is 11.5 Å². The van der Waals surface area contributed by atoms with Gasteiger partial charge in [-0.3, -0.25) is 0 Å². The van der Waals surface area contributed by atoms with Crippen LogP contribution in [-0.2, 0) is 22.6 Å². The Morgan fingerprint density at radius 2 is 0.958 bits per heavy atom. The van der Waals surface area contributed by atoms with E-state index in [0.717, 1.165) is 33.9 Å². The number of alkyl halides is 6. The van der Waals surface area contributed by atoms with Crippen molar-refractivity contribution in [2.45, 2.75) is 51.9 Å². The predicted molar refractivity (Wildman–Crippen MR) is 249 cm³/mol. The zero-order valence-electron chi connectivity index (χ0n) is 38.9. The summed E-state index contributed by atoms with van der Waals surface area (Å²) in [5.41, 5.74) is 6.66. The molecule has 372 valence electrons. The van der Waals surface area contributed by atoms with Crippen molar-refractivity contribution in [1.29, 1.82) is 0 Å². The van der Waals surface area contributed by atoms with Gasteiger partial charge in [-0.15, -0.1) is 26.3 Å². The summed E-state index contributed by atoms with van der Waals surface area (Å²) >= 11 is 0. The number of aryl methyl sites for hydroxylation is 2. The third kappa shape index (κ3) is 11.7. The van der Waals surface area contributed by atoms with E-state index in [1.54, 1.807) is 48.4 Å². The Labute approximate surface area is 407 Å². The summed E-state index contributed by atoms with van der Waals surface area (Å²) in [6, 6.07) is 22.8. The van der Waals surface area contributed by atoms with E-state index in [4.69, 9.17) is 18.9 Å². The fourth-order valence-electron chi connectivity index (χ4n) is 7.92. The van der Waals surface area contributed by atoms with Crippen molar-refractivity contribution in [2.75, 3.05) is 27.4 Å². The number of methoxy groups -OCH3 is 2. The number of fused-ring (bicyclic) bond motifs is 2. The summed E-state index contributed by atoms with van der Waals surface area (Å²) in [5, 5.41) is 9.08. The van der Waals surface area contributed by atoms with Crippen LogP contribution in [0.4, 0.5) is 26.3 Å². The second-order valence-electron chi connectivity index (χ2n) is 16.2. The molecule has 8 aromatic rings. The van der Waals surface area contributed by atoms with Crippen LogP contribution >= 0.6 is 0 Å². The molecule has 0 radical (unpaired) electrons. The van der Waals surface area contributed by atoms with Gasteiger partial charge in [-0.2, -0.15) is 10.2 Å². The monoisotopic (exact) mass is 994 g/mol. The van der Waals surface area contributed by atoms with Crippen molar-refractivity contribution >= 4 is 24.3 Å². The van der Waals surface area contributed by atoms with E-state index in [1.165, 1.54) is 48.5 Å². The first-order valence-electron chi connectivity index (χ1n) is 22.2. The predicted octanol–water partition coefficient (Wildman–Crippen LogP) is 9.94. The average Bonchev–Trinajstić information content (AvgIpc) is 4.19. The fourth-order valence-corrected chi connectivity index (χ4v) is 7.92. The normalized spacial score (nSPS) is 15.8. The Balaban J connectivity index is 0.000000178. The Morgan fingerprint density at radius 3 is 1.31 bits per heavy atom. The molecule has 2 aliphatic heterocycles. The quantitative estimate of drug-likeness (QED) is 0.107. The summed E-state index contributed by atoms with van der Waals surface area (Å²) in [5.74, 6) is 2.93. The van der Waals surface area contributed by atoms with E-state index in [2.05, 4.69) is 39.6 Å². The summed E-state index contributed by atoms with van der Waals surface area (Å²) < 4.78 is 113. The number of rotatable bonds is 12. The van der Waals surface area contributed by atoms with E-state index in [9.17, 15) is 26.3 Å². The number of nitrogens with zero attached hydrogens (tertiary/aromatic N) is 10. The van der Waals surface area contributed by atoms with Gasteiger partial charge in [-0.1, -0.05) is 48.6 Å². The Kier molecular flexibility index (Phi) is 14.0. The second kappa shape index (κ2) is 20.6. The van der Waals surface area contributed by atoms with Crippen molar-refractivity contribution < 1.29 is 54.8 Å². The number of imidazole rings is 2. The van der Waals surface area contributed by atoms with Crippen LogP contribution in [-0.4, -0.2) is 88.8 Å². The molecule has 6 heterocycles. The molecule has 0 amide bonds. The number of ether oxygens (including phenoxy) is 6. The minimum Gasteiger partial charge on any atom is -0.495 e. The van der Waals surface area contributed by atoms with Crippen molar-refractivity contribution in [2.24, 2.45) is 0 Å². The Hall–Kier alpha value is -8.24. The summed E-state index contributed by atoms with van der Waals surface area (Å²) in [4.78, 5) is 17.7. The summed E-state index contributed by atoms with van der Waals surface area (Å²) in [6.07, 6.45) is 4.06. The molecular formula is C50H44F6N10O6. The molecule has 22 heteroatoms. The van der Waals surface area contributed by atoms with Gasteiger partial charge >= 0.3 is 12.7 Å². The summed E-state index contributed by atoms with van der Waals surface area (Å²) in [6.45, 7) is 5.69. The van der Waals surface area contributed by atoms with Crippen LogP contribution < -0.4 is 18.9 Å². The summed E-state index contributed by atoms with van der Waals surface area (Å²) in [7, 11) is 3.23. The van der Waals surface area contributed by atoms with Crippen LogP contribution in [0.25, 0.3) is 35.7 Å². The van der Waals surface area contributed by atoms with Gasteiger partial charge in [0, 0.05) is 12.4 Å². The first-order chi connectivity index (χ1) is 34.6. The molecular weight excluding hydrogens is 951 g/mol. The fraction of sp³-hybridized carbons (Fsp3) is 0.240. The molecule has 4 aromatic carbocycles. The van der Waals surface area contributed by atoms with Crippen LogP contribution in [0, 0.1) is 13.8 Å². The van der Waals surface area contributed by atoms with E-state index >= 15 is 0 Å². The van der Waals surface area contributed by atoms with Gasteiger partial charge in [0.25, 0.3) is 0 Å². The van der Waals surface area contributed by atoms with Gasteiger partial charge in [0.15, 0.2) is 23.3 Å². The minimum absolute atomic E-state index is 0.295. The number of hydrogen-bond acceptors (Lipinski definition) is 12. The highest BCUT2D eigenvalue weighted by molar-refractivity contribution is 5.70. The zero-order valence-corrected chi connectivity index (χ0v) is 38.9. The van der Waals surface area contributed by atoms with E-state index in [0.29, 0.717) is 72.2 Å². The molecule has 10 rings (SSSR count). The highest BCUT2D eigenvalue weighted by atomic mass is 19.4. The molecule has 16 nitrogen and oxygen atoms in total. The van der Waals surface area contributed by atoms with Crippen LogP contribution in [0.1, 0.15) is 69.1 Å². The van der Waals surface area contributed by atoms with Gasteiger partial charge < -0.3 is 37.6 Å². The zero-order chi connectivity index (χ0) is 50.6. The molecule has 0 unspecified atom stereocenters. The first-order valence-corrected chi connectivity index (χ1v) is 22.2. The molecule has 0 saturated carbocycles. The van der Waals surface area contributed by atoms with Crippen molar-refractivity contribution in [1.82, 2.24) is 48.6 Å². The standard InChI is InChI=1S/2C25H22F3N5O3/c2*1-16-14-32(15-29-16)20-9-3-17(13-21(20)34-2)4-10-22-30-24-23(35-12-11-33(24)31-22)18-5-7-19(8-6-18)36-25(26,27)28/h2*3-10,13-15,23H,11-12H2,1-2H3/b2*10-4+/t2*23-/m10/s1. The van der Waals surface area contributed by atoms with Crippen LogP contribution in [0.3, 0.4) is 0 Å². The van der Waals surface area contributed by atoms with Crippen LogP contribution in [0.2, 0.25) is 0 Å². The second-order valence-corrected chi connectivity index (χ2v) is 16.2. The van der Waals surface area contributed by atoms with Crippen LogP contribution in [0.15, 0.2) is 110 Å². The van der Waals surface area contributed by atoms with E-state index < -0.39 is 24.9 Å². The topological polar surface area (TPSA) is 152 Å². The van der Waals surface area contributed by atoms with Gasteiger partial charge in [0.2, 0.25) is 0 Å². The molecule has 72 heavy (non-hydrogen) atoms. The minimum atomic E-state index is -4.74. The molecule has 0 spiro atoms. The lowest BCUT2D eigenvalue weighted by Gasteiger charge is -2.23. The highest BCUT2D eigenvalue weighted by Gasteiger charge is 2.33. The molecule has 0 fully saturated rings. The van der Waals surface area contributed by atoms with Gasteiger partial charge in [-0.25, -0.2) is 29.3 Å². The number of hydrogen-bond donors (Lipinski definition) is 0. The van der Waals surface area contributed by atoms with Crippen LogP contribution in [0.5, 0.6) is 23.0 Å². The number of halogens is 6. The van der Waals surface area contributed by atoms with Gasteiger partial charge in [0.05, 0.1) is 75.9 Å². The SMILES string of the molecule is COc1cc(/C=C/c2nc3n(n2)CCO[C@@H]3c2ccc(OC(F)(F)F)cc2)ccc1-n1cnc(C)c1.COc1cc(/C=C/c2nc3n(n2)CCO[C@H]3c2ccc(OC(F)(F)F)cc2)ccc1-n1cnc(C)c1. The molecule has 0 saturated heterocycles. The lowest BCUT2D eigenvalue weighted by atomic mass is 10.1. The molecule has 2 aliphatic rings. The lowest BCUT2D eigenvalue weighted by Crippen LogP contribution is -2.23. The third-order valence-corrected chi connectivity index (χ3v) is 11.1. The smallest absolute Gasteiger partial charge is 0.495 e. The Morgan fingerprint density at radius 1 is 0.556 bits per heavy atom. The molecule has 0 aliphatic carbocycles. The van der Waals surface area contributed by atoms with Crippen molar-refractivity contribution in [3.05, 3.63) is 167 Å². The first kappa shape index (κ1) is 48.8. The maximum absolute atomic E-state index is 12.4. The largest absolute Gasteiger partial charge is 0.573 e. The number of aromatic nitrogens is 10. The number of benzene rings is 4. The third-order valence-electron chi connectivity index (χ3n) is 11.1. The lowest BCUT2D eigenvalue weighted by molar-refractivity contribution is -0.275. The molecule has 0 bridgehead atoms. The van der Waals surface area contributed by atoms with Crippen molar-refractivity contribution in [3.63, 3.8) is 0 Å². The molecule has 4 aromatic heterocycles.